The first kappa shape index (κ1) is 9.85. The summed E-state index contributed by atoms with van der Waals surface area (Å²) < 4.78 is 1.33. The Morgan fingerprint density at radius 2 is 2.08 bits per heavy atom. The molecule has 1 rings (SSSR count). The predicted octanol–water partition coefficient (Wildman–Crippen LogP) is 3.28. The lowest BCUT2D eigenvalue weighted by atomic mass is 10.1. The molecule has 0 aromatic carbocycles. The van der Waals surface area contributed by atoms with E-state index in [1.165, 1.54) is 16.6 Å². The summed E-state index contributed by atoms with van der Waals surface area (Å²) in [6, 6.07) is 0. The second-order valence-electron chi connectivity index (χ2n) is 2.93. The molecule has 0 fully saturated rings. The average molecular weight is 230 g/mol. The first-order valence-electron chi connectivity index (χ1n) is 4.59. The van der Waals surface area contributed by atoms with Crippen molar-refractivity contribution < 1.29 is 0 Å². The fraction of sp³-hybridized carbons (Fsp3) is 0.600. The van der Waals surface area contributed by atoms with E-state index in [-0.39, 0.29) is 0 Å². The van der Waals surface area contributed by atoms with Crippen LogP contribution >= 0.6 is 15.9 Å². The molecule has 0 aromatic rings. The van der Waals surface area contributed by atoms with Crippen LogP contribution in [0.4, 0.5) is 0 Å². The van der Waals surface area contributed by atoms with Crippen LogP contribution in [0.3, 0.4) is 0 Å². The van der Waals surface area contributed by atoms with Gasteiger partial charge < -0.3 is 4.90 Å². The smallest absolute Gasteiger partial charge is 0.0333 e. The number of hydrogen-bond donors (Lipinski definition) is 0. The minimum atomic E-state index is 1.10. The van der Waals surface area contributed by atoms with Gasteiger partial charge in [-0.3, -0.25) is 0 Å². The summed E-state index contributed by atoms with van der Waals surface area (Å²) in [7, 11) is 0. The molecule has 0 N–H and O–H groups in total. The van der Waals surface area contributed by atoms with Gasteiger partial charge >= 0.3 is 0 Å². The lowest BCUT2D eigenvalue weighted by Crippen LogP contribution is -2.21. The van der Waals surface area contributed by atoms with E-state index in [9.17, 15) is 0 Å². The number of rotatable bonds is 3. The highest BCUT2D eigenvalue weighted by molar-refractivity contribution is 9.11. The third kappa shape index (κ3) is 2.37. The number of likely N-dealkylation sites (N-methyl/N-ethyl adjacent to an activating group) is 1. The molecular formula is C10H16BrN. The van der Waals surface area contributed by atoms with Crippen molar-refractivity contribution in [1.29, 1.82) is 0 Å². The molecule has 0 amide bonds. The van der Waals surface area contributed by atoms with E-state index in [2.05, 4.69) is 46.8 Å². The Kier molecular flexibility index (Phi) is 3.86. The van der Waals surface area contributed by atoms with Gasteiger partial charge in [0.2, 0.25) is 0 Å². The van der Waals surface area contributed by atoms with E-state index >= 15 is 0 Å². The summed E-state index contributed by atoms with van der Waals surface area (Å²) in [6.45, 7) is 6.58. The second-order valence-corrected chi connectivity index (χ2v) is 3.95. The highest BCUT2D eigenvalue weighted by atomic mass is 79.9. The van der Waals surface area contributed by atoms with Crippen molar-refractivity contribution in [3.05, 3.63) is 22.3 Å². The maximum atomic E-state index is 3.55. The highest BCUT2D eigenvalue weighted by Crippen LogP contribution is 2.23. The molecule has 0 saturated carbocycles. The third-order valence-electron chi connectivity index (χ3n) is 2.17. The first-order chi connectivity index (χ1) is 5.77. The van der Waals surface area contributed by atoms with Crippen LogP contribution < -0.4 is 0 Å². The zero-order valence-electron chi connectivity index (χ0n) is 7.81. The molecule has 0 atom stereocenters. The van der Waals surface area contributed by atoms with E-state index in [4.69, 9.17) is 0 Å². The standard InChI is InChI=1S/C10H16BrN/c1-3-12(4-2)10-7-5-6-9(11)8-10/h7-8H,3-6H2,1-2H3. The molecule has 12 heavy (non-hydrogen) atoms. The van der Waals surface area contributed by atoms with E-state index in [1.54, 1.807) is 0 Å². The molecule has 1 aliphatic rings. The lowest BCUT2D eigenvalue weighted by Gasteiger charge is -2.24. The van der Waals surface area contributed by atoms with Crippen molar-refractivity contribution in [3.63, 3.8) is 0 Å². The summed E-state index contributed by atoms with van der Waals surface area (Å²) >= 11 is 3.55. The van der Waals surface area contributed by atoms with Crippen LogP contribution in [0.1, 0.15) is 26.7 Å². The molecule has 1 nitrogen and oxygen atoms in total. The summed E-state index contributed by atoms with van der Waals surface area (Å²) in [5, 5.41) is 0. The molecule has 2 heteroatoms. The third-order valence-corrected chi connectivity index (χ3v) is 2.80. The van der Waals surface area contributed by atoms with Crippen LogP contribution in [0.15, 0.2) is 22.3 Å². The number of halogens is 1. The van der Waals surface area contributed by atoms with Crippen molar-refractivity contribution in [3.8, 4) is 0 Å². The van der Waals surface area contributed by atoms with Crippen molar-refractivity contribution in [2.45, 2.75) is 26.7 Å². The molecule has 0 spiro atoms. The van der Waals surface area contributed by atoms with Gasteiger partial charge in [-0.05, 0) is 37.2 Å². The summed E-state index contributed by atoms with van der Waals surface area (Å²) in [6.07, 6.45) is 6.88. The Balaban J connectivity index is 2.67. The molecule has 0 unspecified atom stereocenters. The van der Waals surface area contributed by atoms with Crippen LogP contribution in [0.5, 0.6) is 0 Å². The van der Waals surface area contributed by atoms with Crippen molar-refractivity contribution in [1.82, 2.24) is 4.90 Å². The number of allylic oxidation sites excluding steroid dienone is 3. The van der Waals surface area contributed by atoms with Gasteiger partial charge in [0.15, 0.2) is 0 Å². The first-order valence-corrected chi connectivity index (χ1v) is 5.38. The normalized spacial score (nSPS) is 16.9. The maximum absolute atomic E-state index is 3.55. The fourth-order valence-electron chi connectivity index (χ4n) is 1.46. The van der Waals surface area contributed by atoms with Gasteiger partial charge in [-0.15, -0.1) is 0 Å². The molecule has 0 heterocycles. The van der Waals surface area contributed by atoms with Gasteiger partial charge in [-0.2, -0.15) is 0 Å². The predicted molar refractivity (Wildman–Crippen MR) is 57.2 cm³/mol. The van der Waals surface area contributed by atoms with Crippen LogP contribution in [0.25, 0.3) is 0 Å². The highest BCUT2D eigenvalue weighted by Gasteiger charge is 2.07. The molecular weight excluding hydrogens is 214 g/mol. The molecule has 0 bridgehead atoms. The van der Waals surface area contributed by atoms with Gasteiger partial charge in [0, 0.05) is 18.8 Å². The minimum absolute atomic E-state index is 1.10. The number of hydrogen-bond acceptors (Lipinski definition) is 1. The van der Waals surface area contributed by atoms with E-state index in [0.29, 0.717) is 0 Å². The zero-order chi connectivity index (χ0) is 8.97. The van der Waals surface area contributed by atoms with Gasteiger partial charge in [0.25, 0.3) is 0 Å². The Bertz CT molecular complexity index is 202. The van der Waals surface area contributed by atoms with Crippen LogP contribution in [-0.4, -0.2) is 18.0 Å². The van der Waals surface area contributed by atoms with Crippen LogP contribution in [0.2, 0.25) is 0 Å². The van der Waals surface area contributed by atoms with Crippen molar-refractivity contribution >= 4 is 15.9 Å². The largest absolute Gasteiger partial charge is 0.372 e. The van der Waals surface area contributed by atoms with E-state index in [0.717, 1.165) is 19.5 Å². The Labute approximate surface area is 83.3 Å². The lowest BCUT2D eigenvalue weighted by molar-refractivity contribution is 0.391. The fourth-order valence-corrected chi connectivity index (χ4v) is 1.92. The zero-order valence-corrected chi connectivity index (χ0v) is 9.39. The maximum Gasteiger partial charge on any atom is 0.0333 e. The molecule has 1 aliphatic carbocycles. The van der Waals surface area contributed by atoms with Gasteiger partial charge in [-0.25, -0.2) is 0 Å². The van der Waals surface area contributed by atoms with E-state index < -0.39 is 0 Å². The second kappa shape index (κ2) is 4.70. The quantitative estimate of drug-likeness (QED) is 0.719. The SMILES string of the molecule is CCN(CC)C1=CCCC(Br)=C1. The summed E-state index contributed by atoms with van der Waals surface area (Å²) in [4.78, 5) is 2.38. The molecule has 0 aromatic heterocycles. The Morgan fingerprint density at radius 3 is 2.58 bits per heavy atom. The van der Waals surface area contributed by atoms with Crippen LogP contribution in [-0.2, 0) is 0 Å². The molecule has 0 saturated heterocycles. The Morgan fingerprint density at radius 1 is 1.42 bits per heavy atom. The minimum Gasteiger partial charge on any atom is -0.372 e. The number of nitrogens with zero attached hydrogens (tertiary/aromatic N) is 1. The van der Waals surface area contributed by atoms with Crippen molar-refractivity contribution in [2.24, 2.45) is 0 Å². The van der Waals surface area contributed by atoms with Crippen LogP contribution in [0, 0.1) is 0 Å². The molecule has 68 valence electrons. The van der Waals surface area contributed by atoms with Crippen molar-refractivity contribution in [2.75, 3.05) is 13.1 Å². The van der Waals surface area contributed by atoms with Gasteiger partial charge in [-0.1, -0.05) is 22.0 Å². The van der Waals surface area contributed by atoms with Gasteiger partial charge in [0.05, 0.1) is 0 Å². The monoisotopic (exact) mass is 229 g/mol. The molecule has 0 aliphatic heterocycles. The summed E-state index contributed by atoms with van der Waals surface area (Å²) in [5.41, 5.74) is 1.37. The Hall–Kier alpha value is -0.240. The van der Waals surface area contributed by atoms with E-state index in [1.807, 2.05) is 0 Å². The topological polar surface area (TPSA) is 3.24 Å². The summed E-state index contributed by atoms with van der Waals surface area (Å²) in [5.74, 6) is 0. The average Bonchev–Trinajstić information content (AvgIpc) is 2.07. The molecule has 0 radical (unpaired) electrons. The van der Waals surface area contributed by atoms with Gasteiger partial charge in [0.1, 0.15) is 0 Å².